The van der Waals surface area contributed by atoms with Crippen molar-refractivity contribution < 1.29 is 18.1 Å². The molecule has 0 fully saturated rings. The van der Waals surface area contributed by atoms with E-state index >= 15 is 0 Å². The van der Waals surface area contributed by atoms with Gasteiger partial charge in [0.25, 0.3) is 5.69 Å². The number of halogens is 3. The molecule has 7 heteroatoms. The monoisotopic (exact) mass is 272 g/mol. The van der Waals surface area contributed by atoms with Crippen LogP contribution >= 0.6 is 0 Å². The molecular weight excluding hydrogens is 261 g/mol. The molecule has 0 aliphatic carbocycles. The normalized spacial score (nSPS) is 11.9. The van der Waals surface area contributed by atoms with Gasteiger partial charge in [-0.25, -0.2) is 0 Å². The van der Waals surface area contributed by atoms with Crippen LogP contribution in [0.1, 0.15) is 12.8 Å². The van der Waals surface area contributed by atoms with E-state index in [4.69, 9.17) is 0 Å². The highest BCUT2D eigenvalue weighted by Crippen LogP contribution is 2.27. The number of non-ortho nitro benzene ring substituents is 1. The number of alkyl halides is 3. The van der Waals surface area contributed by atoms with Crippen molar-refractivity contribution in [2.45, 2.75) is 25.6 Å². The Labute approximate surface area is 106 Å². The maximum Gasteiger partial charge on any atom is 0.389 e. The van der Waals surface area contributed by atoms with Gasteiger partial charge in [0.2, 0.25) is 0 Å². The smallest absolute Gasteiger partial charge is 0.347 e. The molecule has 4 nitrogen and oxygen atoms in total. The first-order chi connectivity index (χ1) is 8.88. The fourth-order valence-electron chi connectivity index (χ4n) is 2.01. The summed E-state index contributed by atoms with van der Waals surface area (Å²) >= 11 is 0. The first-order valence-corrected chi connectivity index (χ1v) is 5.67. The number of aryl methyl sites for hydroxylation is 1. The van der Waals surface area contributed by atoms with Gasteiger partial charge >= 0.3 is 6.18 Å². The molecule has 0 bridgehead atoms. The summed E-state index contributed by atoms with van der Waals surface area (Å²) in [6, 6.07) is 6.13. The average Bonchev–Trinajstić information content (AvgIpc) is 2.70. The van der Waals surface area contributed by atoms with Crippen molar-refractivity contribution in [1.82, 2.24) is 4.57 Å². The maximum absolute atomic E-state index is 12.1. The number of hydrogen-bond acceptors (Lipinski definition) is 2. The predicted molar refractivity (Wildman–Crippen MR) is 63.9 cm³/mol. The molecule has 0 N–H and O–H groups in total. The standard InChI is InChI=1S/C12H11F3N2O2/c13-12(14,15)6-2-7-16-8-5-9-10(16)3-1-4-11(9)17(18)19/h1,3-5,8H,2,6-7H2. The molecule has 0 saturated heterocycles. The van der Waals surface area contributed by atoms with Gasteiger partial charge in [-0.05, 0) is 18.6 Å². The largest absolute Gasteiger partial charge is 0.389 e. The zero-order valence-electron chi connectivity index (χ0n) is 9.85. The first-order valence-electron chi connectivity index (χ1n) is 5.67. The second-order valence-electron chi connectivity index (χ2n) is 4.19. The molecule has 0 radical (unpaired) electrons. The summed E-state index contributed by atoms with van der Waals surface area (Å²) in [7, 11) is 0. The summed E-state index contributed by atoms with van der Waals surface area (Å²) in [6.45, 7) is 0.185. The van der Waals surface area contributed by atoms with Crippen LogP contribution in [-0.4, -0.2) is 15.7 Å². The highest BCUT2D eigenvalue weighted by molar-refractivity contribution is 5.89. The number of nitro benzene ring substituents is 1. The van der Waals surface area contributed by atoms with E-state index in [9.17, 15) is 23.3 Å². The van der Waals surface area contributed by atoms with Crippen molar-refractivity contribution in [2.75, 3.05) is 0 Å². The van der Waals surface area contributed by atoms with Crippen molar-refractivity contribution in [3.63, 3.8) is 0 Å². The Morgan fingerprint density at radius 3 is 2.63 bits per heavy atom. The van der Waals surface area contributed by atoms with Crippen LogP contribution in [0.4, 0.5) is 18.9 Å². The molecule has 19 heavy (non-hydrogen) atoms. The van der Waals surface area contributed by atoms with Crippen LogP contribution in [0.15, 0.2) is 30.5 Å². The second kappa shape index (κ2) is 4.91. The van der Waals surface area contributed by atoms with E-state index in [1.165, 1.54) is 12.1 Å². The topological polar surface area (TPSA) is 48.1 Å². The molecule has 0 unspecified atom stereocenters. The van der Waals surface area contributed by atoms with Crippen LogP contribution in [0.3, 0.4) is 0 Å². The first kappa shape index (κ1) is 13.4. The summed E-state index contributed by atoms with van der Waals surface area (Å²) in [5.41, 5.74) is 0.545. The third-order valence-electron chi connectivity index (χ3n) is 2.85. The van der Waals surface area contributed by atoms with Crippen LogP contribution in [0.2, 0.25) is 0 Å². The number of benzene rings is 1. The number of nitrogens with zero attached hydrogens (tertiary/aromatic N) is 2. The van der Waals surface area contributed by atoms with Gasteiger partial charge in [-0.2, -0.15) is 13.2 Å². The highest BCUT2D eigenvalue weighted by atomic mass is 19.4. The van der Waals surface area contributed by atoms with Crippen LogP contribution in [0.5, 0.6) is 0 Å². The van der Waals surface area contributed by atoms with E-state index in [1.807, 2.05) is 0 Å². The number of aromatic nitrogens is 1. The second-order valence-corrected chi connectivity index (χ2v) is 4.19. The van der Waals surface area contributed by atoms with Crippen molar-refractivity contribution in [1.29, 1.82) is 0 Å². The Balaban J connectivity index is 2.22. The number of rotatable bonds is 4. The van der Waals surface area contributed by atoms with Gasteiger partial charge in [0.15, 0.2) is 0 Å². The summed E-state index contributed by atoms with van der Waals surface area (Å²) in [6.07, 6.45) is -3.50. The molecule has 2 aromatic rings. The van der Waals surface area contributed by atoms with Gasteiger partial charge in [-0.1, -0.05) is 6.07 Å². The van der Waals surface area contributed by atoms with E-state index in [0.717, 1.165) is 0 Å². The average molecular weight is 272 g/mol. The summed E-state index contributed by atoms with van der Waals surface area (Å²) < 4.78 is 37.8. The minimum atomic E-state index is -4.17. The predicted octanol–water partition coefficient (Wildman–Crippen LogP) is 3.89. The molecule has 1 heterocycles. The molecule has 102 valence electrons. The quantitative estimate of drug-likeness (QED) is 0.626. The van der Waals surface area contributed by atoms with Gasteiger partial charge in [-0.15, -0.1) is 0 Å². The Morgan fingerprint density at radius 1 is 1.26 bits per heavy atom. The third-order valence-corrected chi connectivity index (χ3v) is 2.85. The molecule has 0 aliphatic heterocycles. The lowest BCUT2D eigenvalue weighted by Gasteiger charge is -2.07. The zero-order chi connectivity index (χ0) is 14.0. The van der Waals surface area contributed by atoms with Crippen molar-refractivity contribution in [3.8, 4) is 0 Å². The van der Waals surface area contributed by atoms with Gasteiger partial charge in [-0.3, -0.25) is 10.1 Å². The van der Waals surface area contributed by atoms with Gasteiger partial charge in [0.05, 0.1) is 15.8 Å². The molecule has 0 spiro atoms. The van der Waals surface area contributed by atoms with Crippen LogP contribution in [0, 0.1) is 10.1 Å². The fraction of sp³-hybridized carbons (Fsp3) is 0.333. The lowest BCUT2D eigenvalue weighted by molar-refractivity contribution is -0.383. The van der Waals surface area contributed by atoms with E-state index in [-0.39, 0.29) is 18.7 Å². The molecule has 0 aliphatic rings. The van der Waals surface area contributed by atoms with E-state index < -0.39 is 17.5 Å². The highest BCUT2D eigenvalue weighted by Gasteiger charge is 2.26. The molecule has 0 atom stereocenters. The van der Waals surface area contributed by atoms with Crippen molar-refractivity contribution in [3.05, 3.63) is 40.6 Å². The molecule has 2 rings (SSSR count). The Kier molecular flexibility index (Phi) is 3.46. The van der Waals surface area contributed by atoms with Crippen LogP contribution in [-0.2, 0) is 6.54 Å². The summed E-state index contributed by atoms with van der Waals surface area (Å²) in [5.74, 6) is 0. The lowest BCUT2D eigenvalue weighted by Crippen LogP contribution is -2.08. The summed E-state index contributed by atoms with van der Waals surface area (Å²) in [4.78, 5) is 10.3. The maximum atomic E-state index is 12.1. The van der Waals surface area contributed by atoms with E-state index in [0.29, 0.717) is 10.9 Å². The van der Waals surface area contributed by atoms with Gasteiger partial charge < -0.3 is 4.57 Å². The minimum absolute atomic E-state index is 0.0351. The molecular formula is C12H11F3N2O2. The lowest BCUT2D eigenvalue weighted by atomic mass is 10.2. The SMILES string of the molecule is O=[N+]([O-])c1cccc2c1ccn2CCCC(F)(F)F. The fourth-order valence-corrected chi connectivity index (χ4v) is 2.01. The molecule has 0 amide bonds. The minimum Gasteiger partial charge on any atom is -0.347 e. The molecule has 1 aromatic carbocycles. The molecule has 1 aromatic heterocycles. The van der Waals surface area contributed by atoms with Gasteiger partial charge in [0, 0.05) is 25.2 Å². The van der Waals surface area contributed by atoms with E-state index in [1.54, 1.807) is 22.9 Å². The van der Waals surface area contributed by atoms with Gasteiger partial charge in [0.1, 0.15) is 0 Å². The Morgan fingerprint density at radius 2 is 2.00 bits per heavy atom. The summed E-state index contributed by atoms with van der Waals surface area (Å²) in [5, 5.41) is 11.3. The van der Waals surface area contributed by atoms with E-state index in [2.05, 4.69) is 0 Å². The Bertz CT molecular complexity index is 605. The van der Waals surface area contributed by atoms with Crippen molar-refractivity contribution in [2.24, 2.45) is 0 Å². The number of hydrogen-bond donors (Lipinski definition) is 0. The number of fused-ring (bicyclic) bond motifs is 1. The van der Waals surface area contributed by atoms with Crippen LogP contribution < -0.4 is 0 Å². The number of nitro groups is 1. The van der Waals surface area contributed by atoms with Crippen molar-refractivity contribution >= 4 is 16.6 Å². The third kappa shape index (κ3) is 3.04. The van der Waals surface area contributed by atoms with Crippen LogP contribution in [0.25, 0.3) is 10.9 Å². The molecule has 0 saturated carbocycles. The zero-order valence-corrected chi connectivity index (χ0v) is 9.85. The Hall–Kier alpha value is -2.05.